The Morgan fingerprint density at radius 3 is 2.73 bits per heavy atom. The summed E-state index contributed by atoms with van der Waals surface area (Å²) in [6, 6.07) is 0.379. The second-order valence-electron chi connectivity index (χ2n) is 4.02. The Bertz CT molecular complexity index is 309. The van der Waals surface area contributed by atoms with Gasteiger partial charge in [-0.25, -0.2) is 0 Å². The van der Waals surface area contributed by atoms with E-state index in [0.29, 0.717) is 12.6 Å². The van der Waals surface area contributed by atoms with Crippen molar-refractivity contribution in [1.82, 2.24) is 10.1 Å². The van der Waals surface area contributed by atoms with Crippen LogP contribution in [0.15, 0.2) is 4.52 Å². The first kappa shape index (κ1) is 12.2. The van der Waals surface area contributed by atoms with Crippen molar-refractivity contribution in [2.75, 3.05) is 13.6 Å². The number of aromatic nitrogens is 1. The first-order chi connectivity index (χ1) is 7.10. The van der Waals surface area contributed by atoms with Gasteiger partial charge in [-0.15, -0.1) is 0 Å². The van der Waals surface area contributed by atoms with Gasteiger partial charge in [0, 0.05) is 24.7 Å². The largest absolute Gasteiger partial charge is 0.361 e. The van der Waals surface area contributed by atoms with Crippen molar-refractivity contribution < 1.29 is 4.52 Å². The number of hydrogen-bond acceptors (Lipinski definition) is 4. The predicted molar refractivity (Wildman–Crippen MR) is 60.6 cm³/mol. The average molecular weight is 211 g/mol. The van der Waals surface area contributed by atoms with E-state index in [9.17, 15) is 0 Å². The lowest BCUT2D eigenvalue weighted by molar-refractivity contribution is 0.252. The lowest BCUT2D eigenvalue weighted by Gasteiger charge is -2.23. The van der Waals surface area contributed by atoms with Crippen molar-refractivity contribution in [2.45, 2.75) is 39.8 Å². The second-order valence-corrected chi connectivity index (χ2v) is 4.02. The predicted octanol–water partition coefficient (Wildman–Crippen LogP) is 1.32. The Morgan fingerprint density at radius 1 is 1.53 bits per heavy atom. The van der Waals surface area contributed by atoms with Crippen LogP contribution in [0.3, 0.4) is 0 Å². The van der Waals surface area contributed by atoms with E-state index >= 15 is 0 Å². The van der Waals surface area contributed by atoms with Crippen LogP contribution in [0, 0.1) is 6.92 Å². The van der Waals surface area contributed by atoms with E-state index in [1.54, 1.807) is 0 Å². The first-order valence-electron chi connectivity index (χ1n) is 5.44. The number of likely N-dealkylation sites (N-methyl/N-ethyl adjacent to an activating group) is 1. The van der Waals surface area contributed by atoms with Gasteiger partial charge < -0.3 is 10.3 Å². The lowest BCUT2D eigenvalue weighted by Crippen LogP contribution is -2.35. The summed E-state index contributed by atoms with van der Waals surface area (Å²) in [5.74, 6) is 0.919. The molecule has 0 aromatic carbocycles. The molecule has 0 radical (unpaired) electrons. The number of aryl methyl sites for hydroxylation is 2. The minimum Gasteiger partial charge on any atom is -0.361 e. The summed E-state index contributed by atoms with van der Waals surface area (Å²) in [5, 5.41) is 4.04. The van der Waals surface area contributed by atoms with Crippen LogP contribution in [0.1, 0.15) is 30.9 Å². The van der Waals surface area contributed by atoms with Crippen LogP contribution in [0.4, 0.5) is 0 Å². The van der Waals surface area contributed by atoms with Gasteiger partial charge in [0.25, 0.3) is 0 Å². The van der Waals surface area contributed by atoms with Crippen LogP contribution >= 0.6 is 0 Å². The smallest absolute Gasteiger partial charge is 0.138 e. The van der Waals surface area contributed by atoms with Gasteiger partial charge in [0.2, 0.25) is 0 Å². The van der Waals surface area contributed by atoms with E-state index < -0.39 is 0 Å². The third-order valence-electron chi connectivity index (χ3n) is 2.90. The normalized spacial score (nSPS) is 13.5. The summed E-state index contributed by atoms with van der Waals surface area (Å²) in [5.41, 5.74) is 7.90. The monoisotopic (exact) mass is 211 g/mol. The number of rotatable bonds is 5. The second kappa shape index (κ2) is 5.28. The van der Waals surface area contributed by atoms with Gasteiger partial charge in [-0.1, -0.05) is 12.1 Å². The molecule has 0 saturated carbocycles. The molecule has 0 spiro atoms. The average Bonchev–Trinajstić information content (AvgIpc) is 2.59. The highest BCUT2D eigenvalue weighted by Crippen LogP contribution is 2.16. The fourth-order valence-corrected chi connectivity index (χ4v) is 1.50. The topological polar surface area (TPSA) is 55.3 Å². The van der Waals surface area contributed by atoms with E-state index in [-0.39, 0.29) is 0 Å². The minimum absolute atomic E-state index is 0.379. The Kier molecular flexibility index (Phi) is 4.29. The van der Waals surface area contributed by atoms with Gasteiger partial charge in [-0.2, -0.15) is 0 Å². The minimum atomic E-state index is 0.379. The van der Waals surface area contributed by atoms with Gasteiger partial charge in [0.05, 0.1) is 5.69 Å². The Labute approximate surface area is 91.4 Å². The molecule has 0 amide bonds. The summed E-state index contributed by atoms with van der Waals surface area (Å²) >= 11 is 0. The fourth-order valence-electron chi connectivity index (χ4n) is 1.50. The number of hydrogen-bond donors (Lipinski definition) is 1. The molecule has 4 heteroatoms. The first-order valence-corrected chi connectivity index (χ1v) is 5.44. The molecule has 1 aromatic heterocycles. The molecule has 0 fully saturated rings. The molecule has 0 aliphatic heterocycles. The zero-order valence-electron chi connectivity index (χ0n) is 10.1. The summed E-state index contributed by atoms with van der Waals surface area (Å²) < 4.78 is 5.19. The SMILES string of the molecule is CCc1noc(C)c1CN(C)C(C)CN. The van der Waals surface area contributed by atoms with Crippen molar-refractivity contribution in [3.8, 4) is 0 Å². The van der Waals surface area contributed by atoms with Crippen molar-refractivity contribution in [2.24, 2.45) is 5.73 Å². The number of nitrogens with zero attached hydrogens (tertiary/aromatic N) is 2. The van der Waals surface area contributed by atoms with Crippen LogP contribution in [-0.2, 0) is 13.0 Å². The summed E-state index contributed by atoms with van der Waals surface area (Å²) in [7, 11) is 2.07. The van der Waals surface area contributed by atoms with Crippen molar-refractivity contribution in [1.29, 1.82) is 0 Å². The van der Waals surface area contributed by atoms with Crippen LogP contribution < -0.4 is 5.73 Å². The fraction of sp³-hybridized carbons (Fsp3) is 0.727. The molecular weight excluding hydrogens is 190 g/mol. The van der Waals surface area contributed by atoms with Gasteiger partial charge >= 0.3 is 0 Å². The van der Waals surface area contributed by atoms with Crippen LogP contribution in [0.5, 0.6) is 0 Å². The number of nitrogens with two attached hydrogens (primary N) is 1. The molecular formula is C11H21N3O. The van der Waals surface area contributed by atoms with E-state index in [0.717, 1.165) is 24.4 Å². The molecule has 1 aromatic rings. The summed E-state index contributed by atoms with van der Waals surface area (Å²) in [6.45, 7) is 7.70. The van der Waals surface area contributed by atoms with E-state index in [2.05, 4.69) is 31.0 Å². The Morgan fingerprint density at radius 2 is 2.20 bits per heavy atom. The summed E-state index contributed by atoms with van der Waals surface area (Å²) in [6.07, 6.45) is 0.914. The Balaban J connectivity index is 2.74. The van der Waals surface area contributed by atoms with Gasteiger partial charge in [-0.3, -0.25) is 4.90 Å². The highest BCUT2D eigenvalue weighted by Gasteiger charge is 2.15. The van der Waals surface area contributed by atoms with E-state index in [1.807, 2.05) is 6.92 Å². The molecule has 1 heterocycles. The maximum absolute atomic E-state index is 5.63. The van der Waals surface area contributed by atoms with Gasteiger partial charge in [-0.05, 0) is 27.3 Å². The molecule has 1 unspecified atom stereocenters. The Hall–Kier alpha value is -0.870. The van der Waals surface area contributed by atoms with Crippen LogP contribution in [-0.4, -0.2) is 29.7 Å². The van der Waals surface area contributed by atoms with Crippen molar-refractivity contribution >= 4 is 0 Å². The van der Waals surface area contributed by atoms with Gasteiger partial charge in [0.15, 0.2) is 0 Å². The zero-order chi connectivity index (χ0) is 11.4. The van der Waals surface area contributed by atoms with E-state index in [1.165, 1.54) is 5.56 Å². The molecule has 2 N–H and O–H groups in total. The third-order valence-corrected chi connectivity index (χ3v) is 2.90. The highest BCUT2D eigenvalue weighted by molar-refractivity contribution is 5.21. The molecule has 0 saturated heterocycles. The van der Waals surface area contributed by atoms with Crippen LogP contribution in [0.25, 0.3) is 0 Å². The molecule has 0 aliphatic carbocycles. The highest BCUT2D eigenvalue weighted by atomic mass is 16.5. The molecule has 15 heavy (non-hydrogen) atoms. The molecule has 4 nitrogen and oxygen atoms in total. The van der Waals surface area contributed by atoms with Crippen molar-refractivity contribution in [3.63, 3.8) is 0 Å². The van der Waals surface area contributed by atoms with Crippen molar-refractivity contribution in [3.05, 3.63) is 17.0 Å². The molecule has 1 rings (SSSR count). The van der Waals surface area contributed by atoms with Crippen LogP contribution in [0.2, 0.25) is 0 Å². The van der Waals surface area contributed by atoms with Gasteiger partial charge in [0.1, 0.15) is 5.76 Å². The third kappa shape index (κ3) is 2.79. The molecule has 0 bridgehead atoms. The zero-order valence-corrected chi connectivity index (χ0v) is 10.1. The standard InChI is InChI=1S/C11H21N3O/c1-5-11-10(9(3)15-13-11)7-14(4)8(2)6-12/h8H,5-7,12H2,1-4H3. The molecule has 86 valence electrons. The lowest BCUT2D eigenvalue weighted by atomic mass is 10.1. The maximum atomic E-state index is 5.63. The molecule has 1 atom stereocenters. The molecule has 0 aliphatic rings. The summed E-state index contributed by atoms with van der Waals surface area (Å²) in [4.78, 5) is 2.22. The maximum Gasteiger partial charge on any atom is 0.138 e. The quantitative estimate of drug-likeness (QED) is 0.798. The van der Waals surface area contributed by atoms with E-state index in [4.69, 9.17) is 10.3 Å².